The first-order valence-electron chi connectivity index (χ1n) is 9.29. The fourth-order valence-electron chi connectivity index (χ4n) is 3.29. The van der Waals surface area contributed by atoms with E-state index in [0.29, 0.717) is 29.7 Å². The first-order chi connectivity index (χ1) is 14.2. The molecular weight excluding hydrogens is 388 g/mol. The number of aromatic nitrogens is 3. The second-order valence-electron chi connectivity index (χ2n) is 6.51. The SMILES string of the molecule is COc1ccccc1-c1nnc(SCC(=O)N2CCCC2=O)n1-c1ccccc1. The van der Waals surface area contributed by atoms with Gasteiger partial charge in [0, 0.05) is 18.7 Å². The molecule has 8 heteroatoms. The molecule has 0 N–H and O–H groups in total. The van der Waals surface area contributed by atoms with Gasteiger partial charge in [0.05, 0.1) is 18.4 Å². The molecule has 2 aromatic carbocycles. The van der Waals surface area contributed by atoms with E-state index < -0.39 is 0 Å². The monoisotopic (exact) mass is 408 g/mol. The van der Waals surface area contributed by atoms with Gasteiger partial charge in [-0.2, -0.15) is 0 Å². The highest BCUT2D eigenvalue weighted by Gasteiger charge is 2.27. The zero-order valence-corrected chi connectivity index (χ0v) is 16.8. The molecule has 0 bridgehead atoms. The molecule has 2 heterocycles. The molecule has 4 rings (SSSR count). The minimum absolute atomic E-state index is 0.102. The minimum atomic E-state index is -0.195. The molecule has 0 spiro atoms. The van der Waals surface area contributed by atoms with Crippen molar-refractivity contribution in [2.45, 2.75) is 18.0 Å². The van der Waals surface area contributed by atoms with Gasteiger partial charge in [-0.25, -0.2) is 0 Å². The quantitative estimate of drug-likeness (QED) is 0.583. The van der Waals surface area contributed by atoms with Crippen LogP contribution in [0.5, 0.6) is 5.75 Å². The van der Waals surface area contributed by atoms with Crippen molar-refractivity contribution in [3.8, 4) is 22.8 Å². The number of ether oxygens (including phenoxy) is 1. The fraction of sp³-hybridized carbons (Fsp3) is 0.238. The number of amides is 2. The van der Waals surface area contributed by atoms with Crippen molar-refractivity contribution < 1.29 is 14.3 Å². The van der Waals surface area contributed by atoms with Gasteiger partial charge in [0.1, 0.15) is 5.75 Å². The summed E-state index contributed by atoms with van der Waals surface area (Å²) in [7, 11) is 1.61. The molecule has 1 aromatic heterocycles. The number of carbonyl (C=O) groups is 2. The van der Waals surface area contributed by atoms with Crippen molar-refractivity contribution in [3.05, 3.63) is 54.6 Å². The normalized spacial score (nSPS) is 13.7. The smallest absolute Gasteiger partial charge is 0.239 e. The number of benzene rings is 2. The predicted octanol–water partition coefficient (Wildman–Crippen LogP) is 3.18. The third kappa shape index (κ3) is 3.88. The molecule has 0 radical (unpaired) electrons. The topological polar surface area (TPSA) is 77.3 Å². The average molecular weight is 408 g/mol. The molecule has 1 aliphatic rings. The van der Waals surface area contributed by atoms with Crippen LogP contribution < -0.4 is 4.74 Å². The van der Waals surface area contributed by atoms with Gasteiger partial charge in [-0.15, -0.1) is 10.2 Å². The molecule has 0 atom stereocenters. The standard InChI is InChI=1S/C21H20N4O3S/c1-28-17-11-6-5-10-16(17)20-22-23-21(25(20)15-8-3-2-4-9-15)29-14-19(27)24-13-7-12-18(24)26/h2-6,8-11H,7,12-14H2,1H3. The molecule has 148 valence electrons. The van der Waals surface area contributed by atoms with Gasteiger partial charge in [-0.3, -0.25) is 19.1 Å². The van der Waals surface area contributed by atoms with Crippen LogP contribution in [0, 0.1) is 0 Å². The molecule has 7 nitrogen and oxygen atoms in total. The van der Waals surface area contributed by atoms with Crippen molar-refractivity contribution >= 4 is 23.6 Å². The number of carbonyl (C=O) groups excluding carboxylic acids is 2. The average Bonchev–Trinajstić information content (AvgIpc) is 3.38. The number of para-hydroxylation sites is 2. The first-order valence-corrected chi connectivity index (χ1v) is 10.3. The molecule has 1 saturated heterocycles. The van der Waals surface area contributed by atoms with Crippen molar-refractivity contribution in [1.29, 1.82) is 0 Å². The number of thioether (sulfide) groups is 1. The van der Waals surface area contributed by atoms with Gasteiger partial charge in [0.15, 0.2) is 11.0 Å². The minimum Gasteiger partial charge on any atom is -0.496 e. The molecule has 0 aliphatic carbocycles. The van der Waals surface area contributed by atoms with Gasteiger partial charge in [0.2, 0.25) is 11.8 Å². The summed E-state index contributed by atoms with van der Waals surface area (Å²) >= 11 is 1.27. The molecule has 2 amide bonds. The number of nitrogens with zero attached hydrogens (tertiary/aromatic N) is 4. The summed E-state index contributed by atoms with van der Waals surface area (Å²) in [6, 6.07) is 17.3. The van der Waals surface area contributed by atoms with Crippen LogP contribution in [-0.2, 0) is 9.59 Å². The lowest BCUT2D eigenvalue weighted by atomic mass is 10.2. The zero-order valence-electron chi connectivity index (χ0n) is 15.9. The highest BCUT2D eigenvalue weighted by Crippen LogP contribution is 2.33. The van der Waals surface area contributed by atoms with E-state index in [4.69, 9.17) is 4.74 Å². The Labute approximate surface area is 172 Å². The lowest BCUT2D eigenvalue weighted by Crippen LogP contribution is -2.33. The number of imide groups is 1. The Balaban J connectivity index is 1.68. The van der Waals surface area contributed by atoms with Crippen molar-refractivity contribution in [2.24, 2.45) is 0 Å². The second kappa shape index (κ2) is 8.48. The lowest BCUT2D eigenvalue weighted by Gasteiger charge is -2.14. The number of methoxy groups -OCH3 is 1. The summed E-state index contributed by atoms with van der Waals surface area (Å²) in [5.41, 5.74) is 1.69. The third-order valence-electron chi connectivity index (χ3n) is 4.69. The van der Waals surface area contributed by atoms with Crippen LogP contribution in [0.15, 0.2) is 59.8 Å². The van der Waals surface area contributed by atoms with Gasteiger partial charge < -0.3 is 4.74 Å². The van der Waals surface area contributed by atoms with Crippen LogP contribution in [0.4, 0.5) is 0 Å². The first kappa shape index (κ1) is 19.2. The molecule has 0 unspecified atom stereocenters. The van der Waals surface area contributed by atoms with Gasteiger partial charge in [0.25, 0.3) is 0 Å². The third-order valence-corrected chi connectivity index (χ3v) is 5.61. The van der Waals surface area contributed by atoms with Crippen LogP contribution in [0.3, 0.4) is 0 Å². The Morgan fingerprint density at radius 3 is 2.59 bits per heavy atom. The molecule has 3 aromatic rings. The van der Waals surface area contributed by atoms with E-state index in [-0.39, 0.29) is 17.6 Å². The summed E-state index contributed by atoms with van der Waals surface area (Å²) in [4.78, 5) is 25.6. The Morgan fingerprint density at radius 2 is 1.86 bits per heavy atom. The number of hydrogen-bond donors (Lipinski definition) is 0. The molecule has 0 saturated carbocycles. The highest BCUT2D eigenvalue weighted by molar-refractivity contribution is 7.99. The predicted molar refractivity (Wildman–Crippen MR) is 110 cm³/mol. The van der Waals surface area contributed by atoms with E-state index in [2.05, 4.69) is 10.2 Å². The molecular formula is C21H20N4O3S. The van der Waals surface area contributed by atoms with Crippen LogP contribution in [-0.4, -0.2) is 50.9 Å². The van der Waals surface area contributed by atoms with Crippen LogP contribution >= 0.6 is 11.8 Å². The van der Waals surface area contributed by atoms with Crippen LogP contribution in [0.25, 0.3) is 17.1 Å². The Bertz CT molecular complexity index is 1040. The maximum atomic E-state index is 12.5. The summed E-state index contributed by atoms with van der Waals surface area (Å²) in [6.45, 7) is 0.496. The van der Waals surface area contributed by atoms with Crippen molar-refractivity contribution in [2.75, 3.05) is 19.4 Å². The Kier molecular flexibility index (Phi) is 5.62. The van der Waals surface area contributed by atoms with E-state index in [9.17, 15) is 9.59 Å². The van der Waals surface area contributed by atoms with E-state index >= 15 is 0 Å². The second-order valence-corrected chi connectivity index (χ2v) is 7.45. The van der Waals surface area contributed by atoms with E-state index in [1.807, 2.05) is 59.2 Å². The number of hydrogen-bond acceptors (Lipinski definition) is 6. The number of likely N-dealkylation sites (tertiary alicyclic amines) is 1. The van der Waals surface area contributed by atoms with E-state index in [1.165, 1.54) is 16.7 Å². The number of rotatable bonds is 6. The van der Waals surface area contributed by atoms with Gasteiger partial charge in [-0.05, 0) is 30.7 Å². The van der Waals surface area contributed by atoms with Gasteiger partial charge in [-0.1, -0.05) is 42.1 Å². The molecule has 29 heavy (non-hydrogen) atoms. The summed E-state index contributed by atoms with van der Waals surface area (Å²) < 4.78 is 7.40. The fourth-order valence-corrected chi connectivity index (χ4v) is 4.12. The van der Waals surface area contributed by atoms with Crippen LogP contribution in [0.1, 0.15) is 12.8 Å². The Morgan fingerprint density at radius 1 is 1.10 bits per heavy atom. The highest BCUT2D eigenvalue weighted by atomic mass is 32.2. The van der Waals surface area contributed by atoms with Gasteiger partial charge >= 0.3 is 0 Å². The molecule has 1 fully saturated rings. The van der Waals surface area contributed by atoms with E-state index in [1.54, 1.807) is 7.11 Å². The Hall–Kier alpha value is -3.13. The molecule has 1 aliphatic heterocycles. The largest absolute Gasteiger partial charge is 0.496 e. The maximum absolute atomic E-state index is 12.5. The summed E-state index contributed by atoms with van der Waals surface area (Å²) in [5, 5.41) is 9.29. The van der Waals surface area contributed by atoms with Crippen molar-refractivity contribution in [1.82, 2.24) is 19.7 Å². The van der Waals surface area contributed by atoms with E-state index in [0.717, 1.165) is 17.7 Å². The lowest BCUT2D eigenvalue weighted by molar-refractivity contribution is -0.140. The summed E-state index contributed by atoms with van der Waals surface area (Å²) in [6.07, 6.45) is 1.17. The zero-order chi connectivity index (χ0) is 20.2. The maximum Gasteiger partial charge on any atom is 0.239 e. The van der Waals surface area contributed by atoms with Crippen molar-refractivity contribution in [3.63, 3.8) is 0 Å². The summed E-state index contributed by atoms with van der Waals surface area (Å²) in [5.74, 6) is 1.14. The van der Waals surface area contributed by atoms with Crippen LogP contribution in [0.2, 0.25) is 0 Å².